The second-order valence-electron chi connectivity index (χ2n) is 4.03. The molecular formula is C12H19BrN4O. The van der Waals surface area contributed by atoms with E-state index in [1.807, 2.05) is 13.8 Å². The molecule has 0 radical (unpaired) electrons. The van der Waals surface area contributed by atoms with Crippen molar-refractivity contribution >= 4 is 33.3 Å². The number of nitrogens with zero attached hydrogens (tertiary/aromatic N) is 1. The van der Waals surface area contributed by atoms with Crippen LogP contribution in [0.5, 0.6) is 0 Å². The summed E-state index contributed by atoms with van der Waals surface area (Å²) in [5.74, 6) is 0.762. The molecule has 0 saturated carbocycles. The van der Waals surface area contributed by atoms with Gasteiger partial charge in [0.05, 0.1) is 16.4 Å². The van der Waals surface area contributed by atoms with E-state index in [4.69, 9.17) is 5.73 Å². The summed E-state index contributed by atoms with van der Waals surface area (Å²) in [5.41, 5.74) is 7.33. The first-order chi connectivity index (χ1) is 8.56. The van der Waals surface area contributed by atoms with Crippen molar-refractivity contribution in [3.05, 3.63) is 16.2 Å². The van der Waals surface area contributed by atoms with Crippen molar-refractivity contribution < 1.29 is 4.79 Å². The van der Waals surface area contributed by atoms with Gasteiger partial charge in [0.25, 0.3) is 0 Å². The van der Waals surface area contributed by atoms with Gasteiger partial charge in [-0.25, -0.2) is 4.98 Å². The average Bonchev–Trinajstić information content (AvgIpc) is 2.36. The van der Waals surface area contributed by atoms with E-state index >= 15 is 0 Å². The lowest BCUT2D eigenvalue weighted by Gasteiger charge is -2.10. The van der Waals surface area contributed by atoms with Gasteiger partial charge in [0.15, 0.2) is 0 Å². The van der Waals surface area contributed by atoms with E-state index in [0.717, 1.165) is 23.0 Å². The molecule has 1 rings (SSSR count). The lowest BCUT2D eigenvalue weighted by Crippen LogP contribution is -2.26. The molecule has 0 aromatic carbocycles. The summed E-state index contributed by atoms with van der Waals surface area (Å²) in [4.78, 5) is 15.6. The van der Waals surface area contributed by atoms with Crippen molar-refractivity contribution in [3.8, 4) is 0 Å². The summed E-state index contributed by atoms with van der Waals surface area (Å²) >= 11 is 3.43. The zero-order chi connectivity index (χ0) is 13.5. The van der Waals surface area contributed by atoms with Crippen LogP contribution in [0.3, 0.4) is 0 Å². The zero-order valence-electron chi connectivity index (χ0n) is 10.7. The van der Waals surface area contributed by atoms with Crippen LogP contribution in [0.1, 0.15) is 25.3 Å². The van der Waals surface area contributed by atoms with Crippen LogP contribution in [-0.2, 0) is 4.79 Å². The second kappa shape index (κ2) is 7.20. The van der Waals surface area contributed by atoms with Gasteiger partial charge in [0.2, 0.25) is 5.91 Å². The molecule has 1 aromatic rings. The Hall–Kier alpha value is -1.30. The highest BCUT2D eigenvalue weighted by molar-refractivity contribution is 9.10. The fourth-order valence-electron chi connectivity index (χ4n) is 1.36. The highest BCUT2D eigenvalue weighted by Crippen LogP contribution is 2.27. The average molecular weight is 315 g/mol. The Morgan fingerprint density at radius 2 is 2.22 bits per heavy atom. The largest absolute Gasteiger partial charge is 0.397 e. The van der Waals surface area contributed by atoms with Gasteiger partial charge in [-0.3, -0.25) is 4.79 Å². The fraction of sp³-hybridized carbons (Fsp3) is 0.500. The minimum atomic E-state index is 0.0487. The molecule has 1 amide bonds. The van der Waals surface area contributed by atoms with Crippen LogP contribution in [0, 0.1) is 6.92 Å². The molecule has 0 aliphatic heterocycles. The van der Waals surface area contributed by atoms with Gasteiger partial charge in [0.1, 0.15) is 5.82 Å². The van der Waals surface area contributed by atoms with E-state index in [2.05, 4.69) is 31.5 Å². The number of nitrogens with two attached hydrogens (primary N) is 1. The number of pyridine rings is 1. The van der Waals surface area contributed by atoms with Crippen molar-refractivity contribution in [1.29, 1.82) is 0 Å². The Morgan fingerprint density at radius 3 is 2.89 bits per heavy atom. The molecule has 0 aliphatic carbocycles. The number of anilines is 2. The molecule has 18 heavy (non-hydrogen) atoms. The maximum absolute atomic E-state index is 11.4. The number of carbonyl (C=O) groups is 1. The molecule has 0 bridgehead atoms. The third kappa shape index (κ3) is 4.18. The van der Waals surface area contributed by atoms with Gasteiger partial charge in [-0.2, -0.15) is 0 Å². The molecule has 6 heteroatoms. The molecule has 0 unspecified atom stereocenters. The van der Waals surface area contributed by atoms with E-state index in [1.54, 1.807) is 6.20 Å². The lowest BCUT2D eigenvalue weighted by atomic mass is 10.2. The summed E-state index contributed by atoms with van der Waals surface area (Å²) < 4.78 is 0.844. The van der Waals surface area contributed by atoms with E-state index in [-0.39, 0.29) is 5.91 Å². The smallest absolute Gasteiger partial charge is 0.221 e. The quantitative estimate of drug-likeness (QED) is 0.751. The maximum Gasteiger partial charge on any atom is 0.221 e. The second-order valence-corrected chi connectivity index (χ2v) is 4.82. The molecule has 1 heterocycles. The predicted molar refractivity (Wildman–Crippen MR) is 77.5 cm³/mol. The van der Waals surface area contributed by atoms with E-state index in [0.29, 0.717) is 24.5 Å². The van der Waals surface area contributed by atoms with Crippen LogP contribution in [0.2, 0.25) is 0 Å². The summed E-state index contributed by atoms with van der Waals surface area (Å²) in [6.45, 7) is 5.21. The molecule has 100 valence electrons. The summed E-state index contributed by atoms with van der Waals surface area (Å²) in [6.07, 6.45) is 2.99. The monoisotopic (exact) mass is 314 g/mol. The number of nitrogen functional groups attached to an aromatic ring is 1. The SMILES string of the molecule is CCCNC(=O)CCNc1ncc(N)c(C)c1Br. The number of hydrogen-bond acceptors (Lipinski definition) is 4. The number of carbonyl (C=O) groups excluding carboxylic acids is 1. The molecule has 1 aromatic heterocycles. The van der Waals surface area contributed by atoms with Crippen molar-refractivity contribution in [1.82, 2.24) is 10.3 Å². The lowest BCUT2D eigenvalue weighted by molar-refractivity contribution is -0.120. The van der Waals surface area contributed by atoms with Gasteiger partial charge in [-0.05, 0) is 34.8 Å². The first kappa shape index (κ1) is 14.8. The van der Waals surface area contributed by atoms with Crippen LogP contribution in [0.15, 0.2) is 10.7 Å². The molecule has 0 saturated heterocycles. The molecule has 0 fully saturated rings. The third-order valence-electron chi connectivity index (χ3n) is 2.52. The molecule has 4 N–H and O–H groups in total. The Bertz CT molecular complexity index is 423. The fourth-order valence-corrected chi connectivity index (χ4v) is 1.83. The summed E-state index contributed by atoms with van der Waals surface area (Å²) in [7, 11) is 0. The van der Waals surface area contributed by atoms with Crippen LogP contribution in [0.25, 0.3) is 0 Å². The molecule has 5 nitrogen and oxygen atoms in total. The first-order valence-corrected chi connectivity index (χ1v) is 6.76. The highest BCUT2D eigenvalue weighted by atomic mass is 79.9. The molecule has 0 atom stereocenters. The number of nitrogens with one attached hydrogen (secondary N) is 2. The van der Waals surface area contributed by atoms with Gasteiger partial charge >= 0.3 is 0 Å². The van der Waals surface area contributed by atoms with E-state index in [9.17, 15) is 4.79 Å². The normalized spacial score (nSPS) is 10.2. The van der Waals surface area contributed by atoms with Gasteiger partial charge in [-0.1, -0.05) is 6.92 Å². The number of halogens is 1. The van der Waals surface area contributed by atoms with Crippen LogP contribution in [-0.4, -0.2) is 24.0 Å². The minimum Gasteiger partial charge on any atom is -0.397 e. The van der Waals surface area contributed by atoms with Crippen molar-refractivity contribution in [3.63, 3.8) is 0 Å². The molecule has 0 spiro atoms. The van der Waals surface area contributed by atoms with Crippen LogP contribution in [0.4, 0.5) is 11.5 Å². The standard InChI is InChI=1S/C12H19BrN4O/c1-3-5-15-10(18)4-6-16-12-11(13)8(2)9(14)7-17-12/h7H,3-6,14H2,1-2H3,(H,15,18)(H,16,17). The van der Waals surface area contributed by atoms with E-state index in [1.165, 1.54) is 0 Å². The van der Waals surface area contributed by atoms with Gasteiger partial charge in [-0.15, -0.1) is 0 Å². The van der Waals surface area contributed by atoms with E-state index < -0.39 is 0 Å². The number of hydrogen-bond donors (Lipinski definition) is 3. The van der Waals surface area contributed by atoms with Crippen LogP contribution >= 0.6 is 15.9 Å². The van der Waals surface area contributed by atoms with Crippen molar-refractivity contribution in [2.45, 2.75) is 26.7 Å². The third-order valence-corrected chi connectivity index (χ3v) is 3.49. The van der Waals surface area contributed by atoms with Crippen molar-refractivity contribution in [2.24, 2.45) is 0 Å². The zero-order valence-corrected chi connectivity index (χ0v) is 12.3. The number of amides is 1. The predicted octanol–water partition coefficient (Wildman–Crippen LogP) is 2.06. The highest BCUT2D eigenvalue weighted by Gasteiger charge is 2.07. The minimum absolute atomic E-state index is 0.0487. The Kier molecular flexibility index (Phi) is 5.91. The first-order valence-electron chi connectivity index (χ1n) is 5.97. The molecule has 0 aliphatic rings. The Labute approximate surface area is 116 Å². The van der Waals surface area contributed by atoms with Gasteiger partial charge < -0.3 is 16.4 Å². The van der Waals surface area contributed by atoms with Crippen molar-refractivity contribution in [2.75, 3.05) is 24.1 Å². The topological polar surface area (TPSA) is 80.0 Å². The maximum atomic E-state index is 11.4. The Morgan fingerprint density at radius 1 is 1.50 bits per heavy atom. The summed E-state index contributed by atoms with van der Waals surface area (Å²) in [6, 6.07) is 0. The number of aromatic nitrogens is 1. The number of rotatable bonds is 6. The van der Waals surface area contributed by atoms with Crippen LogP contribution < -0.4 is 16.4 Å². The van der Waals surface area contributed by atoms with Gasteiger partial charge in [0, 0.05) is 19.5 Å². The Balaban J connectivity index is 2.45. The summed E-state index contributed by atoms with van der Waals surface area (Å²) in [5, 5.41) is 5.94. The molecular weight excluding hydrogens is 296 g/mol.